The van der Waals surface area contributed by atoms with Crippen LogP contribution in [0.15, 0.2) is 33.5 Å². The molecule has 0 aliphatic carbocycles. The average Bonchev–Trinajstić information content (AvgIpc) is 2.84. The zero-order valence-corrected chi connectivity index (χ0v) is 18.0. The van der Waals surface area contributed by atoms with Gasteiger partial charge in [-0.15, -0.1) is 0 Å². The van der Waals surface area contributed by atoms with Crippen molar-refractivity contribution in [2.75, 3.05) is 13.7 Å². The number of hydrogen-bond acceptors (Lipinski definition) is 13. The highest BCUT2D eigenvalue weighted by molar-refractivity contribution is 5.88. The minimum absolute atomic E-state index is 0.0881. The van der Waals surface area contributed by atoms with Crippen molar-refractivity contribution in [2.24, 2.45) is 0 Å². The molecule has 0 bridgehead atoms. The molecule has 0 saturated carbocycles. The summed E-state index contributed by atoms with van der Waals surface area (Å²) >= 11 is 0. The lowest BCUT2D eigenvalue weighted by molar-refractivity contribution is -0.277. The van der Waals surface area contributed by atoms with Crippen molar-refractivity contribution < 1.29 is 59.5 Å². The molecule has 1 aliphatic rings. The fourth-order valence-corrected chi connectivity index (χ4v) is 3.71. The van der Waals surface area contributed by atoms with Crippen molar-refractivity contribution >= 4 is 11.0 Å². The number of ether oxygens (including phenoxy) is 3. The van der Waals surface area contributed by atoms with Gasteiger partial charge in [-0.3, -0.25) is 4.79 Å². The molecule has 5 atom stereocenters. The molecule has 3 aromatic rings. The van der Waals surface area contributed by atoms with Crippen LogP contribution in [0.25, 0.3) is 22.3 Å². The van der Waals surface area contributed by atoms with Crippen LogP contribution in [0.3, 0.4) is 0 Å². The highest BCUT2D eigenvalue weighted by Gasteiger charge is 2.44. The van der Waals surface area contributed by atoms with Gasteiger partial charge >= 0.3 is 0 Å². The number of phenols is 3. The fraction of sp³-hybridized carbons (Fsp3) is 0.318. The van der Waals surface area contributed by atoms with Gasteiger partial charge in [0.15, 0.2) is 23.0 Å². The van der Waals surface area contributed by atoms with E-state index in [0.29, 0.717) is 0 Å². The molecule has 1 fully saturated rings. The van der Waals surface area contributed by atoms with Gasteiger partial charge in [-0.05, 0) is 12.1 Å². The largest absolute Gasteiger partial charge is 0.504 e. The number of rotatable bonds is 5. The van der Waals surface area contributed by atoms with Crippen LogP contribution in [0.1, 0.15) is 0 Å². The van der Waals surface area contributed by atoms with Crippen molar-refractivity contribution in [3.05, 3.63) is 34.5 Å². The van der Waals surface area contributed by atoms with E-state index in [1.807, 2.05) is 0 Å². The maximum atomic E-state index is 12.9. The van der Waals surface area contributed by atoms with Crippen LogP contribution in [0, 0.1) is 0 Å². The molecular weight excluding hydrogens is 472 g/mol. The lowest BCUT2D eigenvalue weighted by atomic mass is 9.99. The predicted octanol–water partition coefficient (Wildman–Crippen LogP) is -0.530. The summed E-state index contributed by atoms with van der Waals surface area (Å²) in [6.07, 6.45) is -7.76. The number of benzene rings is 2. The Morgan fingerprint density at radius 2 is 1.57 bits per heavy atom. The van der Waals surface area contributed by atoms with Gasteiger partial charge in [-0.1, -0.05) is 0 Å². The zero-order valence-electron chi connectivity index (χ0n) is 18.0. The van der Waals surface area contributed by atoms with Gasteiger partial charge in [0, 0.05) is 17.7 Å². The summed E-state index contributed by atoms with van der Waals surface area (Å²) in [6.45, 7) is -0.671. The van der Waals surface area contributed by atoms with Crippen LogP contribution in [-0.4, -0.2) is 85.3 Å². The highest BCUT2D eigenvalue weighted by atomic mass is 16.7. The Labute approximate surface area is 195 Å². The third-order valence-electron chi connectivity index (χ3n) is 5.56. The molecule has 2 heterocycles. The van der Waals surface area contributed by atoms with Crippen LogP contribution in [-0.2, 0) is 4.74 Å². The van der Waals surface area contributed by atoms with E-state index < -0.39 is 71.5 Å². The summed E-state index contributed by atoms with van der Waals surface area (Å²) in [4.78, 5) is 12.9. The van der Waals surface area contributed by atoms with E-state index in [1.54, 1.807) is 0 Å². The van der Waals surface area contributed by atoms with Crippen LogP contribution >= 0.6 is 0 Å². The van der Waals surface area contributed by atoms with E-state index in [0.717, 1.165) is 12.1 Å². The number of methoxy groups -OCH3 is 1. The van der Waals surface area contributed by atoms with Crippen molar-refractivity contribution in [3.63, 3.8) is 0 Å². The van der Waals surface area contributed by atoms with Gasteiger partial charge < -0.3 is 59.5 Å². The Balaban J connectivity index is 1.82. The second kappa shape index (κ2) is 9.13. The van der Waals surface area contributed by atoms with Crippen LogP contribution in [0.4, 0.5) is 0 Å². The van der Waals surface area contributed by atoms with Crippen molar-refractivity contribution in [1.29, 1.82) is 0 Å². The number of aliphatic hydroxyl groups is 4. The number of aromatic hydroxyl groups is 4. The number of fused-ring (bicyclic) bond motifs is 1. The molecule has 0 amide bonds. The van der Waals surface area contributed by atoms with Gasteiger partial charge in [-0.25, -0.2) is 0 Å². The first-order chi connectivity index (χ1) is 16.6. The van der Waals surface area contributed by atoms with Gasteiger partial charge in [0.05, 0.1) is 13.7 Å². The third-order valence-corrected chi connectivity index (χ3v) is 5.56. The van der Waals surface area contributed by atoms with Crippen LogP contribution in [0.5, 0.6) is 34.5 Å². The quantitative estimate of drug-likeness (QED) is 0.209. The van der Waals surface area contributed by atoms with E-state index in [9.17, 15) is 45.6 Å². The van der Waals surface area contributed by atoms with Crippen molar-refractivity contribution in [2.45, 2.75) is 30.7 Å². The summed E-state index contributed by atoms with van der Waals surface area (Å²) in [5.74, 6) is -3.81. The molecule has 8 N–H and O–H groups in total. The Morgan fingerprint density at radius 1 is 0.914 bits per heavy atom. The Kier molecular flexibility index (Phi) is 6.36. The third kappa shape index (κ3) is 4.15. The normalized spacial score (nSPS) is 24.4. The number of hydrogen-bond donors (Lipinski definition) is 8. The molecule has 1 aliphatic heterocycles. The molecule has 1 saturated heterocycles. The summed E-state index contributed by atoms with van der Waals surface area (Å²) in [5, 5.41) is 78.8. The first kappa shape index (κ1) is 24.4. The fourth-order valence-electron chi connectivity index (χ4n) is 3.71. The van der Waals surface area contributed by atoms with E-state index >= 15 is 0 Å². The minimum Gasteiger partial charge on any atom is -0.504 e. The molecule has 188 valence electrons. The standard InChI is InChI=1S/C22H22O13/c1-32-11-4-8(33-22-20(31)18(29)16(27)13(6-23)35-22)5-12-14(11)17(28)19(30)21(34-12)7-2-9(24)15(26)10(25)3-7/h2-5,13,16,18,20,22-27,29-31H,6H2,1H3/t13?,16-,18+,20?,22-/m1/s1. The summed E-state index contributed by atoms with van der Waals surface area (Å²) in [7, 11) is 1.23. The second-order valence-corrected chi connectivity index (χ2v) is 7.79. The van der Waals surface area contributed by atoms with E-state index in [1.165, 1.54) is 19.2 Å². The first-order valence-electron chi connectivity index (χ1n) is 10.2. The lowest BCUT2D eigenvalue weighted by Crippen LogP contribution is -2.60. The number of aliphatic hydroxyl groups excluding tert-OH is 4. The monoisotopic (exact) mass is 494 g/mol. The van der Waals surface area contributed by atoms with Crippen LogP contribution in [0.2, 0.25) is 0 Å². The Bertz CT molecular complexity index is 1290. The molecule has 0 radical (unpaired) electrons. The highest BCUT2D eigenvalue weighted by Crippen LogP contribution is 2.42. The SMILES string of the molecule is COc1cc(O[C@@H]2OC(CO)[C@@H](O)[C@H](O)C2O)cc2oc(-c3cc(O)c(O)c(O)c3)c(O)c(=O)c12. The lowest BCUT2D eigenvalue weighted by Gasteiger charge is -2.39. The zero-order chi connectivity index (χ0) is 25.6. The van der Waals surface area contributed by atoms with E-state index in [4.69, 9.17) is 18.6 Å². The first-order valence-corrected chi connectivity index (χ1v) is 10.2. The van der Waals surface area contributed by atoms with Gasteiger partial charge in [0.2, 0.25) is 17.5 Å². The predicted molar refractivity (Wildman–Crippen MR) is 116 cm³/mol. The molecule has 2 unspecified atom stereocenters. The summed E-state index contributed by atoms with van der Waals surface area (Å²) < 4.78 is 21.7. The maximum absolute atomic E-state index is 12.9. The molecule has 1 aromatic heterocycles. The smallest absolute Gasteiger partial charge is 0.238 e. The summed E-state index contributed by atoms with van der Waals surface area (Å²) in [5.41, 5.74) is -1.26. The van der Waals surface area contributed by atoms with Gasteiger partial charge in [0.1, 0.15) is 46.9 Å². The number of phenolic OH excluding ortho intramolecular Hbond substituents is 3. The Morgan fingerprint density at radius 3 is 2.17 bits per heavy atom. The molecule has 13 heteroatoms. The van der Waals surface area contributed by atoms with Gasteiger partial charge in [-0.2, -0.15) is 0 Å². The van der Waals surface area contributed by atoms with E-state index in [-0.39, 0.29) is 28.0 Å². The topological polar surface area (TPSA) is 220 Å². The van der Waals surface area contributed by atoms with E-state index in [2.05, 4.69) is 0 Å². The molecule has 4 rings (SSSR count). The maximum Gasteiger partial charge on any atom is 0.238 e. The molecular formula is C22H22O13. The molecule has 35 heavy (non-hydrogen) atoms. The van der Waals surface area contributed by atoms with Crippen molar-refractivity contribution in [3.8, 4) is 45.8 Å². The molecule has 0 spiro atoms. The minimum atomic E-state index is -1.71. The molecule has 2 aromatic carbocycles. The van der Waals surface area contributed by atoms with Crippen molar-refractivity contribution in [1.82, 2.24) is 0 Å². The van der Waals surface area contributed by atoms with Crippen LogP contribution < -0.4 is 14.9 Å². The van der Waals surface area contributed by atoms with Gasteiger partial charge in [0.25, 0.3) is 0 Å². The molecule has 13 nitrogen and oxygen atoms in total. The average molecular weight is 494 g/mol. The Hall–Kier alpha value is -3.75. The second-order valence-electron chi connectivity index (χ2n) is 7.79. The summed E-state index contributed by atoms with van der Waals surface area (Å²) in [6, 6.07) is 4.30.